The molecule has 1 saturated carbocycles. The van der Waals surface area contributed by atoms with Crippen molar-refractivity contribution in [3.63, 3.8) is 0 Å². The van der Waals surface area contributed by atoms with Crippen LogP contribution in [-0.4, -0.2) is 30.4 Å². The first-order valence-corrected chi connectivity index (χ1v) is 7.40. The Morgan fingerprint density at radius 2 is 1.56 bits per heavy atom. The summed E-state index contributed by atoms with van der Waals surface area (Å²) in [4.78, 5) is 0. The molecule has 3 nitrogen and oxygen atoms in total. The van der Waals surface area contributed by atoms with E-state index in [1.807, 2.05) is 0 Å². The average Bonchev–Trinajstić information content (AvgIpc) is 2.78. The summed E-state index contributed by atoms with van der Waals surface area (Å²) in [6.45, 7) is 8.42. The molecule has 4 heteroatoms. The van der Waals surface area contributed by atoms with Crippen molar-refractivity contribution in [3.8, 4) is 0 Å². The lowest BCUT2D eigenvalue weighted by atomic mass is 9.75. The molecular weight excluding hydrogens is 227 g/mol. The quantitative estimate of drug-likeness (QED) is 0.671. The molecule has 0 aromatic carbocycles. The second-order valence-corrected chi connectivity index (χ2v) is 7.12. The minimum atomic E-state index is -0.241. The maximum absolute atomic E-state index is 6.19. The van der Waals surface area contributed by atoms with Gasteiger partial charge in [0.1, 0.15) is 0 Å². The van der Waals surface area contributed by atoms with Crippen molar-refractivity contribution >= 4 is 7.12 Å². The third kappa shape index (κ3) is 2.02. The molecule has 1 aliphatic carbocycles. The Balaban J connectivity index is 1.67. The minimum absolute atomic E-state index is 0.138. The number of ether oxygens (including phenoxy) is 1. The van der Waals surface area contributed by atoms with E-state index in [1.165, 1.54) is 25.7 Å². The summed E-state index contributed by atoms with van der Waals surface area (Å²) in [5.41, 5.74) is -0.483. The summed E-state index contributed by atoms with van der Waals surface area (Å²) in [6.07, 6.45) is 6.79. The van der Waals surface area contributed by atoms with Crippen molar-refractivity contribution in [1.82, 2.24) is 0 Å². The van der Waals surface area contributed by atoms with Gasteiger partial charge in [0.15, 0.2) is 0 Å². The second-order valence-electron chi connectivity index (χ2n) is 7.12. The van der Waals surface area contributed by atoms with Crippen LogP contribution in [0.1, 0.15) is 59.8 Å². The van der Waals surface area contributed by atoms with Gasteiger partial charge in [0.05, 0.1) is 23.3 Å². The van der Waals surface area contributed by atoms with Gasteiger partial charge in [-0.15, -0.1) is 0 Å². The van der Waals surface area contributed by atoms with Crippen LogP contribution in [0.4, 0.5) is 0 Å². The molecule has 18 heavy (non-hydrogen) atoms. The van der Waals surface area contributed by atoms with Gasteiger partial charge < -0.3 is 14.0 Å². The van der Waals surface area contributed by atoms with Crippen LogP contribution in [0.3, 0.4) is 0 Å². The lowest BCUT2D eigenvalue weighted by Gasteiger charge is -2.32. The Labute approximate surface area is 111 Å². The molecule has 2 saturated heterocycles. The fourth-order valence-electron chi connectivity index (χ4n) is 3.42. The molecule has 2 heterocycles. The summed E-state index contributed by atoms with van der Waals surface area (Å²) in [5, 5.41) is 0. The first-order chi connectivity index (χ1) is 8.39. The zero-order valence-corrected chi connectivity index (χ0v) is 12.1. The lowest BCUT2D eigenvalue weighted by Crippen LogP contribution is -2.41. The monoisotopic (exact) mass is 252 g/mol. The summed E-state index contributed by atoms with van der Waals surface area (Å²) >= 11 is 0. The van der Waals surface area contributed by atoms with E-state index in [0.717, 1.165) is 12.3 Å². The highest BCUT2D eigenvalue weighted by atomic mass is 16.7. The molecule has 0 N–H and O–H groups in total. The van der Waals surface area contributed by atoms with Gasteiger partial charge in [-0.2, -0.15) is 0 Å². The highest BCUT2D eigenvalue weighted by molar-refractivity contribution is 6.47. The van der Waals surface area contributed by atoms with Gasteiger partial charge in [0.25, 0.3) is 0 Å². The summed E-state index contributed by atoms with van der Waals surface area (Å²) in [6, 6.07) is 0.138. The average molecular weight is 252 g/mol. The first-order valence-electron chi connectivity index (χ1n) is 7.40. The minimum Gasteiger partial charge on any atom is -0.402 e. The van der Waals surface area contributed by atoms with Crippen molar-refractivity contribution in [3.05, 3.63) is 0 Å². The van der Waals surface area contributed by atoms with Crippen molar-refractivity contribution in [2.45, 2.75) is 83.1 Å². The molecule has 0 aromatic heterocycles. The molecule has 3 rings (SSSR count). The molecule has 3 atom stereocenters. The largest absolute Gasteiger partial charge is 0.488 e. The van der Waals surface area contributed by atoms with E-state index in [4.69, 9.17) is 14.0 Å². The molecule has 0 aromatic rings. The number of hydrogen-bond acceptors (Lipinski definition) is 3. The van der Waals surface area contributed by atoms with Gasteiger partial charge in [0.2, 0.25) is 0 Å². The van der Waals surface area contributed by atoms with Crippen LogP contribution in [0.15, 0.2) is 0 Å². The predicted octanol–water partition coefficient (Wildman–Crippen LogP) is 2.97. The van der Waals surface area contributed by atoms with Gasteiger partial charge >= 0.3 is 7.12 Å². The third-order valence-corrected chi connectivity index (χ3v) is 5.30. The van der Waals surface area contributed by atoms with Crippen LogP contribution in [0.5, 0.6) is 0 Å². The Morgan fingerprint density at radius 1 is 0.944 bits per heavy atom. The van der Waals surface area contributed by atoms with Gasteiger partial charge in [-0.05, 0) is 52.9 Å². The van der Waals surface area contributed by atoms with Gasteiger partial charge in [-0.1, -0.05) is 12.8 Å². The maximum Gasteiger partial charge on any atom is 0.488 e. The number of hydrogen-bond donors (Lipinski definition) is 0. The molecule has 0 spiro atoms. The molecule has 0 radical (unpaired) electrons. The van der Waals surface area contributed by atoms with E-state index in [-0.39, 0.29) is 24.3 Å². The van der Waals surface area contributed by atoms with E-state index < -0.39 is 0 Å². The fourth-order valence-corrected chi connectivity index (χ4v) is 3.42. The van der Waals surface area contributed by atoms with Gasteiger partial charge in [-0.25, -0.2) is 0 Å². The van der Waals surface area contributed by atoms with E-state index >= 15 is 0 Å². The molecule has 3 unspecified atom stereocenters. The van der Waals surface area contributed by atoms with Crippen LogP contribution in [-0.2, 0) is 14.0 Å². The number of fused-ring (bicyclic) bond motifs is 1. The first kappa shape index (κ1) is 13.0. The molecule has 0 amide bonds. The molecule has 3 fully saturated rings. The maximum atomic E-state index is 6.19. The smallest absolute Gasteiger partial charge is 0.402 e. The van der Waals surface area contributed by atoms with Crippen LogP contribution in [0, 0.1) is 5.92 Å². The highest BCUT2D eigenvalue weighted by Gasteiger charge is 2.56. The zero-order chi connectivity index (χ0) is 13.0. The Bertz CT molecular complexity index is 299. The Kier molecular flexibility index (Phi) is 3.04. The van der Waals surface area contributed by atoms with E-state index in [9.17, 15) is 0 Å². The summed E-state index contributed by atoms with van der Waals surface area (Å²) in [5.74, 6) is 0.739. The van der Waals surface area contributed by atoms with E-state index in [2.05, 4.69) is 27.7 Å². The normalized spacial score (nSPS) is 42.0. The van der Waals surface area contributed by atoms with Crippen LogP contribution in [0.25, 0.3) is 0 Å². The van der Waals surface area contributed by atoms with Crippen molar-refractivity contribution in [2.75, 3.05) is 0 Å². The van der Waals surface area contributed by atoms with Crippen molar-refractivity contribution in [2.24, 2.45) is 5.92 Å². The second kappa shape index (κ2) is 4.22. The standard InChI is InChI=1S/C14H25BO3/c1-13(2)14(3,4)18-15(17-13)12-9-10-7-5-6-8-11(10)16-12/h10-12H,5-9H2,1-4H3. The summed E-state index contributed by atoms with van der Waals surface area (Å²) in [7, 11) is -0.180. The van der Waals surface area contributed by atoms with E-state index in [1.54, 1.807) is 0 Å². The van der Waals surface area contributed by atoms with Gasteiger partial charge in [-0.3, -0.25) is 0 Å². The fraction of sp³-hybridized carbons (Fsp3) is 1.00. The predicted molar refractivity (Wildman–Crippen MR) is 71.3 cm³/mol. The topological polar surface area (TPSA) is 27.7 Å². The van der Waals surface area contributed by atoms with E-state index in [0.29, 0.717) is 6.10 Å². The van der Waals surface area contributed by atoms with Crippen LogP contribution >= 0.6 is 0 Å². The van der Waals surface area contributed by atoms with Crippen molar-refractivity contribution < 1.29 is 14.0 Å². The highest BCUT2D eigenvalue weighted by Crippen LogP contribution is 2.43. The van der Waals surface area contributed by atoms with Crippen LogP contribution < -0.4 is 0 Å². The van der Waals surface area contributed by atoms with Crippen molar-refractivity contribution in [1.29, 1.82) is 0 Å². The Morgan fingerprint density at radius 3 is 2.17 bits per heavy atom. The Hall–Kier alpha value is -0.0551. The molecule has 2 aliphatic heterocycles. The molecule has 0 bridgehead atoms. The van der Waals surface area contributed by atoms with Gasteiger partial charge in [0, 0.05) is 0 Å². The molecular formula is C14H25BO3. The third-order valence-electron chi connectivity index (χ3n) is 5.30. The summed E-state index contributed by atoms with van der Waals surface area (Å²) < 4.78 is 18.4. The molecule has 3 aliphatic rings. The molecule has 102 valence electrons. The van der Waals surface area contributed by atoms with Crippen LogP contribution in [0.2, 0.25) is 0 Å². The lowest BCUT2D eigenvalue weighted by molar-refractivity contribution is 0.00578. The zero-order valence-electron chi connectivity index (χ0n) is 12.1. The SMILES string of the molecule is CC1(C)OB(C2CC3CCCCC3O2)OC1(C)C. The number of rotatable bonds is 1.